The molecule has 1 rings (SSSR count). The molecule has 1 aromatic carbocycles. The SMILES string of the molecule is CC(C)NC(=NCCc1cccc(F)c1)NN. The lowest BCUT2D eigenvalue weighted by Gasteiger charge is -2.11. The van der Waals surface area contributed by atoms with Gasteiger partial charge in [-0.1, -0.05) is 12.1 Å². The normalized spacial score (nSPS) is 11.7. The number of hydrazine groups is 1. The van der Waals surface area contributed by atoms with Gasteiger partial charge in [-0.15, -0.1) is 0 Å². The molecule has 0 unspecified atom stereocenters. The highest BCUT2D eigenvalue weighted by atomic mass is 19.1. The predicted molar refractivity (Wildman–Crippen MR) is 68.0 cm³/mol. The molecular formula is C12H19FN4. The maximum Gasteiger partial charge on any atom is 0.205 e. The van der Waals surface area contributed by atoms with E-state index in [0.29, 0.717) is 18.9 Å². The fourth-order valence-electron chi connectivity index (χ4n) is 1.40. The lowest BCUT2D eigenvalue weighted by Crippen LogP contribution is -2.44. The van der Waals surface area contributed by atoms with Crippen molar-refractivity contribution in [3.63, 3.8) is 0 Å². The number of nitrogens with one attached hydrogen (secondary N) is 2. The van der Waals surface area contributed by atoms with E-state index in [9.17, 15) is 4.39 Å². The second-order valence-corrected chi connectivity index (χ2v) is 4.05. The number of nitrogens with zero attached hydrogens (tertiary/aromatic N) is 1. The van der Waals surface area contributed by atoms with E-state index in [2.05, 4.69) is 15.7 Å². The minimum Gasteiger partial charge on any atom is -0.353 e. The van der Waals surface area contributed by atoms with Crippen molar-refractivity contribution < 1.29 is 4.39 Å². The van der Waals surface area contributed by atoms with Crippen molar-refractivity contribution in [3.05, 3.63) is 35.6 Å². The van der Waals surface area contributed by atoms with Gasteiger partial charge in [-0.3, -0.25) is 10.4 Å². The lowest BCUT2D eigenvalue weighted by atomic mass is 10.1. The summed E-state index contributed by atoms with van der Waals surface area (Å²) in [6, 6.07) is 6.78. The van der Waals surface area contributed by atoms with E-state index in [4.69, 9.17) is 5.84 Å². The highest BCUT2D eigenvalue weighted by molar-refractivity contribution is 5.79. The molecule has 0 fully saturated rings. The number of hydrogen-bond acceptors (Lipinski definition) is 2. The highest BCUT2D eigenvalue weighted by Gasteiger charge is 1.98. The number of guanidine groups is 1. The summed E-state index contributed by atoms with van der Waals surface area (Å²) in [6.07, 6.45) is 0.683. The Morgan fingerprint density at radius 2 is 2.24 bits per heavy atom. The molecule has 0 amide bonds. The molecule has 94 valence electrons. The molecule has 0 aliphatic heterocycles. The molecule has 0 spiro atoms. The van der Waals surface area contributed by atoms with Crippen LogP contribution in [0, 0.1) is 5.82 Å². The predicted octanol–water partition coefficient (Wildman–Crippen LogP) is 1.19. The molecule has 4 N–H and O–H groups in total. The van der Waals surface area contributed by atoms with E-state index < -0.39 is 0 Å². The number of benzene rings is 1. The topological polar surface area (TPSA) is 62.4 Å². The molecule has 0 aliphatic carbocycles. The molecule has 0 bridgehead atoms. The molecule has 0 aromatic heterocycles. The molecule has 0 saturated carbocycles. The van der Waals surface area contributed by atoms with Crippen LogP contribution in [0.1, 0.15) is 19.4 Å². The van der Waals surface area contributed by atoms with E-state index in [1.54, 1.807) is 6.07 Å². The summed E-state index contributed by atoms with van der Waals surface area (Å²) < 4.78 is 12.9. The second-order valence-electron chi connectivity index (χ2n) is 4.05. The maximum absolute atomic E-state index is 12.9. The van der Waals surface area contributed by atoms with Gasteiger partial charge >= 0.3 is 0 Å². The van der Waals surface area contributed by atoms with Gasteiger partial charge in [0.15, 0.2) is 0 Å². The molecule has 4 nitrogen and oxygen atoms in total. The molecule has 0 atom stereocenters. The van der Waals surface area contributed by atoms with E-state index >= 15 is 0 Å². The third-order valence-electron chi connectivity index (χ3n) is 2.12. The number of aliphatic imine (C=N–C) groups is 1. The zero-order chi connectivity index (χ0) is 12.7. The minimum absolute atomic E-state index is 0.219. The molecule has 0 saturated heterocycles. The number of halogens is 1. The average molecular weight is 238 g/mol. The number of rotatable bonds is 4. The van der Waals surface area contributed by atoms with Gasteiger partial charge < -0.3 is 5.32 Å². The molecule has 0 aliphatic rings. The van der Waals surface area contributed by atoms with Crippen LogP contribution in [0.2, 0.25) is 0 Å². The van der Waals surface area contributed by atoms with Crippen LogP contribution in [-0.2, 0) is 6.42 Å². The van der Waals surface area contributed by atoms with Gasteiger partial charge in [-0.05, 0) is 38.0 Å². The fraction of sp³-hybridized carbons (Fsp3) is 0.417. The Morgan fingerprint density at radius 3 is 2.82 bits per heavy atom. The average Bonchev–Trinajstić information content (AvgIpc) is 2.27. The number of hydrogen-bond donors (Lipinski definition) is 3. The van der Waals surface area contributed by atoms with E-state index in [1.807, 2.05) is 19.9 Å². The smallest absolute Gasteiger partial charge is 0.205 e. The van der Waals surface area contributed by atoms with E-state index in [0.717, 1.165) is 5.56 Å². The second kappa shape index (κ2) is 6.85. The summed E-state index contributed by atoms with van der Waals surface area (Å²) in [4.78, 5) is 4.25. The van der Waals surface area contributed by atoms with Crippen LogP contribution in [0.4, 0.5) is 4.39 Å². The summed E-state index contributed by atoms with van der Waals surface area (Å²) >= 11 is 0. The summed E-state index contributed by atoms with van der Waals surface area (Å²) in [5.74, 6) is 5.66. The van der Waals surface area contributed by atoms with E-state index in [1.165, 1.54) is 12.1 Å². The largest absolute Gasteiger partial charge is 0.353 e. The van der Waals surface area contributed by atoms with Crippen molar-refractivity contribution in [2.75, 3.05) is 6.54 Å². The molecule has 0 heterocycles. The maximum atomic E-state index is 12.9. The van der Waals surface area contributed by atoms with E-state index in [-0.39, 0.29) is 11.9 Å². The third-order valence-corrected chi connectivity index (χ3v) is 2.12. The highest BCUT2D eigenvalue weighted by Crippen LogP contribution is 2.04. The van der Waals surface area contributed by atoms with Gasteiger partial charge in [0.1, 0.15) is 5.82 Å². The zero-order valence-corrected chi connectivity index (χ0v) is 10.2. The Kier molecular flexibility index (Phi) is 5.42. The summed E-state index contributed by atoms with van der Waals surface area (Å²) in [7, 11) is 0. The van der Waals surface area contributed by atoms with Crippen molar-refractivity contribution in [1.82, 2.24) is 10.7 Å². The summed E-state index contributed by atoms with van der Waals surface area (Å²) in [6.45, 7) is 4.56. The third kappa shape index (κ3) is 5.31. The van der Waals surface area contributed by atoms with Gasteiger partial charge in [0.2, 0.25) is 5.96 Å². The van der Waals surface area contributed by atoms with Crippen LogP contribution in [0.3, 0.4) is 0 Å². The number of nitrogens with two attached hydrogens (primary N) is 1. The van der Waals surface area contributed by atoms with Gasteiger partial charge in [-0.2, -0.15) is 0 Å². The van der Waals surface area contributed by atoms with Gasteiger partial charge in [0, 0.05) is 12.6 Å². The van der Waals surface area contributed by atoms with Crippen molar-refractivity contribution in [2.24, 2.45) is 10.8 Å². The van der Waals surface area contributed by atoms with Gasteiger partial charge in [-0.25, -0.2) is 10.2 Å². The fourth-order valence-corrected chi connectivity index (χ4v) is 1.40. The van der Waals surface area contributed by atoms with Crippen molar-refractivity contribution in [1.29, 1.82) is 0 Å². The Morgan fingerprint density at radius 1 is 1.47 bits per heavy atom. The Hall–Kier alpha value is -1.62. The van der Waals surface area contributed by atoms with Crippen LogP contribution in [-0.4, -0.2) is 18.5 Å². The standard InChI is InChI=1S/C12H19FN4/c1-9(2)16-12(17-14)15-7-6-10-4-3-5-11(13)8-10/h3-5,8-9H,6-7,14H2,1-2H3,(H2,15,16,17). The monoisotopic (exact) mass is 238 g/mol. The van der Waals surface area contributed by atoms with Crippen LogP contribution in [0.25, 0.3) is 0 Å². The molecular weight excluding hydrogens is 219 g/mol. The first-order valence-electron chi connectivity index (χ1n) is 5.64. The van der Waals surface area contributed by atoms with Gasteiger partial charge in [0.05, 0.1) is 0 Å². The Bertz CT molecular complexity index is 377. The first-order chi connectivity index (χ1) is 8.11. The Labute approximate surface area is 101 Å². The molecule has 17 heavy (non-hydrogen) atoms. The molecule has 5 heteroatoms. The minimum atomic E-state index is -0.219. The quantitative estimate of drug-likeness (QED) is 0.319. The molecule has 1 aromatic rings. The summed E-state index contributed by atoms with van der Waals surface area (Å²) in [5, 5.41) is 3.07. The van der Waals surface area contributed by atoms with Crippen molar-refractivity contribution >= 4 is 5.96 Å². The Balaban J connectivity index is 2.47. The van der Waals surface area contributed by atoms with Gasteiger partial charge in [0.25, 0.3) is 0 Å². The molecule has 0 radical (unpaired) electrons. The first kappa shape index (κ1) is 13.4. The summed E-state index contributed by atoms with van der Waals surface area (Å²) in [5.41, 5.74) is 3.42. The van der Waals surface area contributed by atoms with Crippen molar-refractivity contribution in [2.45, 2.75) is 26.3 Å². The van der Waals surface area contributed by atoms with Crippen LogP contribution in [0.15, 0.2) is 29.3 Å². The van der Waals surface area contributed by atoms with Crippen LogP contribution >= 0.6 is 0 Å². The lowest BCUT2D eigenvalue weighted by molar-refractivity contribution is 0.625. The zero-order valence-electron chi connectivity index (χ0n) is 10.2. The van der Waals surface area contributed by atoms with Crippen LogP contribution in [0.5, 0.6) is 0 Å². The van der Waals surface area contributed by atoms with Crippen molar-refractivity contribution in [3.8, 4) is 0 Å². The first-order valence-corrected chi connectivity index (χ1v) is 5.64. The van der Waals surface area contributed by atoms with Crippen LogP contribution < -0.4 is 16.6 Å².